The van der Waals surface area contributed by atoms with Gasteiger partial charge in [0.1, 0.15) is 22.8 Å². The molecule has 0 amide bonds. The van der Waals surface area contributed by atoms with Crippen LogP contribution in [-0.2, 0) is 0 Å². The Hall–Kier alpha value is -4.38. The fourth-order valence-electron chi connectivity index (χ4n) is 4.04. The van der Waals surface area contributed by atoms with Crippen molar-refractivity contribution in [1.29, 1.82) is 0 Å². The molecule has 0 atom stereocenters. The molecule has 0 radical (unpaired) electrons. The van der Waals surface area contributed by atoms with Gasteiger partial charge in [-0.3, -0.25) is 0 Å². The van der Waals surface area contributed by atoms with Gasteiger partial charge in [0, 0.05) is 5.39 Å². The number of para-hydroxylation sites is 4. The van der Waals surface area contributed by atoms with Crippen molar-refractivity contribution < 1.29 is 9.15 Å². The lowest BCUT2D eigenvalue weighted by Gasteiger charge is -2.07. The Bertz CT molecular complexity index is 1640. The van der Waals surface area contributed by atoms with Gasteiger partial charge in [-0.05, 0) is 47.2 Å². The summed E-state index contributed by atoms with van der Waals surface area (Å²) >= 11 is 0. The topological polar surface area (TPSA) is 63.4 Å². The third kappa shape index (κ3) is 3.03. The fourth-order valence-corrected chi connectivity index (χ4v) is 4.04. The Kier molecular flexibility index (Phi) is 4.25. The van der Waals surface area contributed by atoms with Crippen LogP contribution in [0.1, 0.15) is 0 Å². The highest BCUT2D eigenvalue weighted by molar-refractivity contribution is 6.06. The van der Waals surface area contributed by atoms with Crippen molar-refractivity contribution in [2.75, 3.05) is 7.11 Å². The molecule has 0 aliphatic carbocycles. The second-order valence-corrected chi connectivity index (χ2v) is 7.55. The number of nitrogens with one attached hydrogen (secondary N) is 1. The standard InChI is InChI=1S/C27H19N3O2/c1-31-25-13-7-6-12-23(25)30-27-20(26-28-21-10-4-5-11-22(21)29-26)16-19-18-9-3-2-8-17(18)14-15-24(19)32-27/h2-16H,1H3,(H,28,29). The van der Waals surface area contributed by atoms with Crippen LogP contribution in [0.15, 0.2) is 100 Å². The highest BCUT2D eigenvalue weighted by Gasteiger charge is 2.13. The van der Waals surface area contributed by atoms with Crippen LogP contribution < -0.4 is 10.3 Å². The molecule has 0 aliphatic heterocycles. The summed E-state index contributed by atoms with van der Waals surface area (Å²) in [7, 11) is 1.64. The van der Waals surface area contributed by atoms with E-state index >= 15 is 0 Å². The number of rotatable bonds is 3. The van der Waals surface area contributed by atoms with Gasteiger partial charge in [-0.1, -0.05) is 54.6 Å². The molecule has 5 heteroatoms. The number of methoxy groups -OCH3 is 1. The molecular formula is C27H19N3O2. The molecule has 2 heterocycles. The lowest BCUT2D eigenvalue weighted by Crippen LogP contribution is -2.06. The molecule has 6 rings (SSSR count). The maximum absolute atomic E-state index is 6.37. The Morgan fingerprint density at radius 1 is 0.844 bits per heavy atom. The smallest absolute Gasteiger partial charge is 0.231 e. The van der Waals surface area contributed by atoms with Crippen LogP contribution in [0.4, 0.5) is 5.69 Å². The molecule has 5 nitrogen and oxygen atoms in total. The van der Waals surface area contributed by atoms with Gasteiger partial charge >= 0.3 is 0 Å². The lowest BCUT2D eigenvalue weighted by molar-refractivity contribution is 0.415. The SMILES string of the molecule is COc1ccccc1N=c1oc2ccc3ccccc3c2cc1-c1nc2ccccc2[nH]1. The number of aromatic amines is 1. The molecule has 0 fully saturated rings. The van der Waals surface area contributed by atoms with E-state index in [2.05, 4.69) is 29.2 Å². The Labute approximate surface area is 183 Å². The third-order valence-electron chi connectivity index (χ3n) is 5.61. The maximum Gasteiger partial charge on any atom is 0.231 e. The largest absolute Gasteiger partial charge is 0.494 e. The quantitative estimate of drug-likeness (QED) is 0.340. The van der Waals surface area contributed by atoms with Gasteiger partial charge in [-0.2, -0.15) is 0 Å². The minimum Gasteiger partial charge on any atom is -0.494 e. The molecule has 6 aromatic rings. The van der Waals surface area contributed by atoms with E-state index in [0.29, 0.717) is 22.8 Å². The Morgan fingerprint density at radius 2 is 1.66 bits per heavy atom. The second kappa shape index (κ2) is 7.39. The minimum atomic E-state index is 0.469. The summed E-state index contributed by atoms with van der Waals surface area (Å²) in [4.78, 5) is 13.1. The third-order valence-corrected chi connectivity index (χ3v) is 5.61. The molecule has 32 heavy (non-hydrogen) atoms. The molecule has 0 unspecified atom stereocenters. The van der Waals surface area contributed by atoms with Crippen molar-refractivity contribution in [2.45, 2.75) is 0 Å². The Morgan fingerprint density at radius 3 is 2.56 bits per heavy atom. The van der Waals surface area contributed by atoms with Crippen LogP contribution >= 0.6 is 0 Å². The van der Waals surface area contributed by atoms with Crippen LogP contribution in [0.5, 0.6) is 5.75 Å². The summed E-state index contributed by atoms with van der Waals surface area (Å²) in [6, 6.07) is 30.0. The number of hydrogen-bond donors (Lipinski definition) is 1. The molecule has 0 spiro atoms. The van der Waals surface area contributed by atoms with Crippen LogP contribution in [0.2, 0.25) is 0 Å². The predicted octanol–water partition coefficient (Wildman–Crippen LogP) is 6.37. The monoisotopic (exact) mass is 417 g/mol. The van der Waals surface area contributed by atoms with E-state index in [1.54, 1.807) is 7.11 Å². The highest BCUT2D eigenvalue weighted by atomic mass is 16.5. The second-order valence-electron chi connectivity index (χ2n) is 7.55. The van der Waals surface area contributed by atoms with Gasteiger partial charge in [-0.25, -0.2) is 9.98 Å². The van der Waals surface area contributed by atoms with E-state index in [4.69, 9.17) is 19.1 Å². The van der Waals surface area contributed by atoms with Gasteiger partial charge < -0.3 is 14.1 Å². The summed E-state index contributed by atoms with van der Waals surface area (Å²) in [5.74, 6) is 1.38. The maximum atomic E-state index is 6.37. The van der Waals surface area contributed by atoms with Crippen molar-refractivity contribution in [2.24, 2.45) is 4.99 Å². The molecule has 0 aliphatic rings. The van der Waals surface area contributed by atoms with Crippen molar-refractivity contribution in [3.8, 4) is 17.1 Å². The summed E-state index contributed by atoms with van der Waals surface area (Å²) in [5, 5.41) is 3.28. The molecule has 4 aromatic carbocycles. The highest BCUT2D eigenvalue weighted by Crippen LogP contribution is 2.30. The first kappa shape index (κ1) is 18.4. The summed E-state index contributed by atoms with van der Waals surface area (Å²) in [6.07, 6.45) is 0. The molecule has 0 saturated heterocycles. The van der Waals surface area contributed by atoms with E-state index in [9.17, 15) is 0 Å². The fraction of sp³-hybridized carbons (Fsp3) is 0.0370. The first-order valence-corrected chi connectivity index (χ1v) is 10.4. The lowest BCUT2D eigenvalue weighted by atomic mass is 10.0. The molecule has 2 aromatic heterocycles. The van der Waals surface area contributed by atoms with E-state index in [0.717, 1.165) is 38.3 Å². The van der Waals surface area contributed by atoms with Gasteiger partial charge in [0.25, 0.3) is 0 Å². The number of imidazole rings is 1. The number of hydrogen-bond acceptors (Lipinski definition) is 4. The number of H-pyrrole nitrogens is 1. The Balaban J connectivity index is 1.71. The average Bonchev–Trinajstić information content (AvgIpc) is 3.28. The molecule has 0 saturated carbocycles. The van der Waals surface area contributed by atoms with E-state index in [-0.39, 0.29) is 0 Å². The van der Waals surface area contributed by atoms with Crippen molar-refractivity contribution in [1.82, 2.24) is 9.97 Å². The number of nitrogens with zero attached hydrogens (tertiary/aromatic N) is 2. The summed E-state index contributed by atoms with van der Waals surface area (Å²) < 4.78 is 11.9. The zero-order valence-electron chi connectivity index (χ0n) is 17.4. The first-order chi connectivity index (χ1) is 15.8. The minimum absolute atomic E-state index is 0.469. The zero-order valence-corrected chi connectivity index (χ0v) is 17.4. The molecule has 1 N–H and O–H groups in total. The van der Waals surface area contributed by atoms with Crippen molar-refractivity contribution >= 4 is 38.5 Å². The number of ether oxygens (including phenoxy) is 1. The zero-order chi connectivity index (χ0) is 21.5. The summed E-state index contributed by atoms with van der Waals surface area (Å²) in [5.41, 5.74) is 4.56. The van der Waals surface area contributed by atoms with Gasteiger partial charge in [0.05, 0.1) is 23.7 Å². The summed E-state index contributed by atoms with van der Waals surface area (Å²) in [6.45, 7) is 0. The van der Waals surface area contributed by atoms with Gasteiger partial charge in [-0.15, -0.1) is 0 Å². The average molecular weight is 417 g/mol. The van der Waals surface area contributed by atoms with Gasteiger partial charge in [0.2, 0.25) is 5.55 Å². The van der Waals surface area contributed by atoms with Crippen LogP contribution in [0, 0.1) is 0 Å². The van der Waals surface area contributed by atoms with E-state index in [1.165, 1.54) is 0 Å². The van der Waals surface area contributed by atoms with Crippen molar-refractivity contribution in [3.05, 3.63) is 96.5 Å². The number of benzene rings is 4. The number of fused-ring (bicyclic) bond motifs is 4. The van der Waals surface area contributed by atoms with Crippen LogP contribution in [0.25, 0.3) is 44.2 Å². The van der Waals surface area contributed by atoms with Crippen molar-refractivity contribution in [3.63, 3.8) is 0 Å². The van der Waals surface area contributed by atoms with E-state index in [1.807, 2.05) is 66.7 Å². The normalized spacial score (nSPS) is 12.1. The van der Waals surface area contributed by atoms with Gasteiger partial charge in [0.15, 0.2) is 0 Å². The van der Waals surface area contributed by atoms with Crippen LogP contribution in [-0.4, -0.2) is 17.1 Å². The molecular weight excluding hydrogens is 398 g/mol. The predicted molar refractivity (Wildman–Crippen MR) is 127 cm³/mol. The molecule has 0 bridgehead atoms. The number of aromatic nitrogens is 2. The van der Waals surface area contributed by atoms with E-state index < -0.39 is 0 Å². The molecule has 154 valence electrons. The first-order valence-electron chi connectivity index (χ1n) is 10.4. The van der Waals surface area contributed by atoms with Crippen LogP contribution in [0.3, 0.4) is 0 Å².